The predicted octanol–water partition coefficient (Wildman–Crippen LogP) is -6.42. The van der Waals surface area contributed by atoms with E-state index in [-0.39, 0.29) is 49.4 Å². The van der Waals surface area contributed by atoms with Crippen LogP contribution in [-0.4, -0.2) is 336 Å². The summed E-state index contributed by atoms with van der Waals surface area (Å²) in [5.41, 5.74) is -2.55. The van der Waals surface area contributed by atoms with E-state index < -0.39 is 263 Å². The van der Waals surface area contributed by atoms with Gasteiger partial charge in [-0.05, 0) is 74.7 Å². The molecule has 4 aliphatic carbocycles. The predicted molar refractivity (Wildman–Crippen MR) is 317 cm³/mol. The van der Waals surface area contributed by atoms with Gasteiger partial charge in [0.2, 0.25) is 5.79 Å². The number of hydrogen-bond acceptors (Lipinski definition) is 34. The maximum atomic E-state index is 12.8. The largest absolute Gasteiger partial charge is 0.465 e. The molecule has 0 bridgehead atoms. The lowest BCUT2D eigenvalue weighted by atomic mass is 9.46. The van der Waals surface area contributed by atoms with Crippen LogP contribution in [0.2, 0.25) is 0 Å². The van der Waals surface area contributed by atoms with Gasteiger partial charge in [-0.15, -0.1) is 0 Å². The van der Waals surface area contributed by atoms with Crippen molar-refractivity contribution in [1.29, 1.82) is 0 Å². The summed E-state index contributed by atoms with van der Waals surface area (Å²) in [6.07, 6.45) is -42.2. The summed E-state index contributed by atoms with van der Waals surface area (Å²) in [4.78, 5) is 25.4. The smallest absolute Gasteiger partial charge is 0.303 e. The maximum Gasteiger partial charge on any atom is 0.303 e. The van der Waals surface area contributed by atoms with Crippen molar-refractivity contribution >= 4 is 11.9 Å². The second kappa shape index (κ2) is 28.9. The van der Waals surface area contributed by atoms with E-state index in [4.69, 9.17) is 75.8 Å². The normalized spacial score (nSPS) is 54.1. The van der Waals surface area contributed by atoms with E-state index in [1.807, 2.05) is 0 Å². The van der Waals surface area contributed by atoms with Crippen LogP contribution in [0.5, 0.6) is 0 Å². The highest BCUT2D eigenvalue weighted by atomic mass is 16.8. The average molecular weight is 1410 g/mol. The van der Waals surface area contributed by atoms with Gasteiger partial charge in [-0.25, -0.2) is 0 Å². The Hall–Kier alpha value is -2.78. The summed E-state index contributed by atoms with van der Waals surface area (Å²) < 4.78 is 98.6. The second-order valence-corrected chi connectivity index (χ2v) is 29.4. The van der Waals surface area contributed by atoms with Gasteiger partial charge in [-0.2, -0.15) is 0 Å². The molecule has 16 N–H and O–H groups in total. The zero-order valence-corrected chi connectivity index (χ0v) is 55.2. The monoisotopic (exact) mass is 1410 g/mol. The van der Waals surface area contributed by atoms with Crippen molar-refractivity contribution in [3.63, 3.8) is 0 Å². The van der Waals surface area contributed by atoms with Gasteiger partial charge in [0.15, 0.2) is 43.8 Å². The summed E-state index contributed by atoms with van der Waals surface area (Å²) in [7, 11) is 0. The van der Waals surface area contributed by atoms with Gasteiger partial charge in [0, 0.05) is 31.6 Å². The number of fused-ring (bicyclic) bond motifs is 7. The van der Waals surface area contributed by atoms with Gasteiger partial charge >= 0.3 is 11.9 Å². The summed E-state index contributed by atoms with van der Waals surface area (Å²) in [6, 6.07) is 0. The summed E-state index contributed by atoms with van der Waals surface area (Å²) in [6.45, 7) is 9.84. The van der Waals surface area contributed by atoms with Crippen molar-refractivity contribution in [2.75, 3.05) is 46.2 Å². The second-order valence-electron chi connectivity index (χ2n) is 29.4. The Balaban J connectivity index is 0.794. The number of carbonyl (C=O) groups is 2. The number of esters is 2. The molecule has 39 atom stereocenters. The molecule has 8 heterocycles. The summed E-state index contributed by atoms with van der Waals surface area (Å²) in [5, 5.41) is 177. The highest BCUT2D eigenvalue weighted by Gasteiger charge is 2.74. The van der Waals surface area contributed by atoms with Crippen LogP contribution in [0.25, 0.3) is 0 Å². The quantitative estimate of drug-likeness (QED) is 0.0476. The van der Waals surface area contributed by atoms with Crippen LogP contribution in [0.4, 0.5) is 0 Å². The van der Waals surface area contributed by atoms with Gasteiger partial charge in [0.05, 0.1) is 82.7 Å². The molecule has 1 spiro atoms. The Kier molecular flexibility index (Phi) is 22.1. The highest BCUT2D eigenvalue weighted by molar-refractivity contribution is 5.66. The molecule has 0 aromatic heterocycles. The molecule has 12 rings (SSSR count). The summed E-state index contributed by atoms with van der Waals surface area (Å²) in [5.74, 6) is -5.01. The first-order chi connectivity index (χ1) is 46.3. The van der Waals surface area contributed by atoms with Gasteiger partial charge in [-0.3, -0.25) is 9.59 Å². The Bertz CT molecular complexity index is 2840. The van der Waals surface area contributed by atoms with Crippen LogP contribution in [-0.2, 0) is 85.4 Å². The number of rotatable bonds is 17. The van der Waals surface area contributed by atoms with Gasteiger partial charge < -0.3 is 157 Å². The molecule has 0 radical (unpaired) electrons. The third-order valence-electron chi connectivity index (χ3n) is 23.4. The van der Waals surface area contributed by atoms with E-state index in [1.54, 1.807) is 0 Å². The zero-order valence-electron chi connectivity index (χ0n) is 55.2. The van der Waals surface area contributed by atoms with Crippen LogP contribution >= 0.6 is 0 Å². The molecule has 34 heteroatoms. The summed E-state index contributed by atoms with van der Waals surface area (Å²) >= 11 is 0. The number of aliphatic hydroxyl groups excluding tert-OH is 15. The van der Waals surface area contributed by atoms with Crippen LogP contribution in [0.15, 0.2) is 23.8 Å². The fourth-order valence-corrected chi connectivity index (χ4v) is 18.2. The Morgan fingerprint density at radius 2 is 1.27 bits per heavy atom. The number of carbonyl (C=O) groups excluding carboxylic acids is 2. The third kappa shape index (κ3) is 13.2. The Morgan fingerprint density at radius 3 is 1.95 bits per heavy atom. The van der Waals surface area contributed by atoms with E-state index >= 15 is 0 Å². The maximum absolute atomic E-state index is 12.8. The third-order valence-corrected chi connectivity index (χ3v) is 23.4. The first-order valence-electron chi connectivity index (χ1n) is 33.8. The number of aliphatic hydroxyl groups is 16. The molecule has 8 aliphatic heterocycles. The Labute approximate surface area is 563 Å². The lowest BCUT2D eigenvalue weighted by Crippen LogP contribution is -2.66. The minimum atomic E-state index is -2.17. The van der Waals surface area contributed by atoms with Crippen LogP contribution < -0.4 is 0 Å². The highest BCUT2D eigenvalue weighted by Crippen LogP contribution is 2.71. The molecule has 11 fully saturated rings. The average Bonchev–Trinajstić information content (AvgIpc) is 1.59. The molecule has 0 aromatic carbocycles. The van der Waals surface area contributed by atoms with E-state index in [1.165, 1.54) is 20.8 Å². The van der Waals surface area contributed by atoms with Crippen LogP contribution in [0.1, 0.15) is 80.1 Å². The molecule has 98 heavy (non-hydrogen) atoms. The fraction of sp³-hybridized carbons (Fsp3) is 0.906. The molecule has 8 saturated heterocycles. The van der Waals surface area contributed by atoms with Crippen molar-refractivity contribution < 1.29 is 167 Å². The molecule has 34 nitrogen and oxygen atoms in total. The molecule has 39 unspecified atom stereocenters. The van der Waals surface area contributed by atoms with E-state index in [9.17, 15) is 91.3 Å². The fourth-order valence-electron chi connectivity index (χ4n) is 18.2. The van der Waals surface area contributed by atoms with Crippen molar-refractivity contribution in [2.24, 2.45) is 40.4 Å². The first-order valence-corrected chi connectivity index (χ1v) is 33.8. The van der Waals surface area contributed by atoms with E-state index in [0.29, 0.717) is 25.7 Å². The van der Waals surface area contributed by atoms with Crippen LogP contribution in [0.3, 0.4) is 0 Å². The van der Waals surface area contributed by atoms with E-state index in [0.717, 1.165) is 12.5 Å². The Morgan fingerprint density at radius 1 is 0.633 bits per heavy atom. The molecule has 12 aliphatic rings. The standard InChI is InChI=1S/C64H98O34/c1-22-16-87-64(53(80)47(22)93-56-45(78)42(75)48(23(2)88-56)94-57-44(77)41(74)40(73)36(15-65)91-57)32(17-83-25(4)67)38-35(98-64)14-31-29-9-8-27-12-28(69)13-37(62(27,7)30(29)10-11-61(31,38)6)92-59-52(50(34(71)19-85-59)95-55-43(76)39(72)33(70)18-84-55)97-58-46(79)51(49(24(3)89-58)90-26(5)68)96-60-54(81)63(82,20-66)21-86-60/h8,23-24,28-60,65-66,69-82H,1,9-21H2,2-7H3. The molecule has 3 saturated carbocycles. The molecular weight excluding hydrogens is 1310 g/mol. The molecular formula is C64H98O34. The number of ether oxygens (including phenoxy) is 16. The number of hydrogen-bond donors (Lipinski definition) is 16. The first kappa shape index (κ1) is 74.9. The van der Waals surface area contributed by atoms with Gasteiger partial charge in [-0.1, -0.05) is 32.1 Å². The minimum Gasteiger partial charge on any atom is -0.465 e. The number of allylic oxidation sites excluding steroid dienone is 1. The zero-order chi connectivity index (χ0) is 70.7. The lowest BCUT2D eigenvalue weighted by molar-refractivity contribution is -0.387. The SMILES string of the molecule is C=C1COC2(OC3CC4C5CC=C6CC(O)CC(OC7OCC(O)C(OC8OCC(O)C(O)C8O)C7OC7OC(C)C(OC(C)=O)C(OC8OCC(O)(CO)C8O)C7O)C6(C)C5CCC4(C)C3C2COC(C)=O)C(O)C1OC1OC(C)C(OC2OC(CO)C(O)C(O)C2O)C(O)C1O. The van der Waals surface area contributed by atoms with Crippen LogP contribution in [0, 0.1) is 40.4 Å². The van der Waals surface area contributed by atoms with Crippen molar-refractivity contribution in [2.45, 2.75) is 276 Å². The van der Waals surface area contributed by atoms with E-state index in [2.05, 4.69) is 26.5 Å². The topological polar surface area (TPSA) is 506 Å². The van der Waals surface area contributed by atoms with Gasteiger partial charge in [0.25, 0.3) is 0 Å². The van der Waals surface area contributed by atoms with Crippen molar-refractivity contribution in [1.82, 2.24) is 0 Å². The molecule has 0 aromatic rings. The van der Waals surface area contributed by atoms with Gasteiger partial charge in [0.1, 0.15) is 115 Å². The minimum absolute atomic E-state index is 0.0417. The molecule has 558 valence electrons. The van der Waals surface area contributed by atoms with Crippen molar-refractivity contribution in [3.8, 4) is 0 Å². The van der Waals surface area contributed by atoms with Crippen molar-refractivity contribution in [3.05, 3.63) is 23.8 Å². The lowest BCUT2D eigenvalue weighted by Gasteiger charge is -2.61. The molecule has 0 amide bonds.